The van der Waals surface area contributed by atoms with Crippen molar-refractivity contribution in [2.45, 2.75) is 12.8 Å². The summed E-state index contributed by atoms with van der Waals surface area (Å²) < 4.78 is 0. The van der Waals surface area contributed by atoms with Crippen molar-refractivity contribution in [3.8, 4) is 0 Å². The summed E-state index contributed by atoms with van der Waals surface area (Å²) in [4.78, 5) is 26.9. The third kappa shape index (κ3) is 2.10. The molecule has 0 unspecified atom stereocenters. The van der Waals surface area contributed by atoms with Crippen molar-refractivity contribution in [2.24, 2.45) is 5.41 Å². The Morgan fingerprint density at radius 3 is 2.80 bits per heavy atom. The van der Waals surface area contributed by atoms with Gasteiger partial charge in [0, 0.05) is 18.2 Å². The molecule has 4 N–H and O–H groups in total. The molecule has 0 aromatic carbocycles. The van der Waals surface area contributed by atoms with Crippen molar-refractivity contribution < 1.29 is 9.90 Å². The number of hydrogen-bond donors (Lipinski definition) is 4. The third-order valence-electron chi connectivity index (χ3n) is 2.76. The van der Waals surface area contributed by atoms with Crippen LogP contribution >= 0.6 is 0 Å². The normalized spacial score (nSPS) is 17.4. The Morgan fingerprint density at radius 1 is 1.60 bits per heavy atom. The number of imidazole rings is 1. The SMILES string of the molecule is O=C(NCC1(CO)CC1)c1c[nH]c(=O)[nH]1. The standard InChI is InChI=1S/C9H13N3O3/c13-5-9(1-2-9)4-11-7(14)6-3-10-8(15)12-6/h3,13H,1-2,4-5H2,(H,11,14)(H2,10,12,15). The highest BCUT2D eigenvalue weighted by molar-refractivity contribution is 5.91. The monoisotopic (exact) mass is 211 g/mol. The molecule has 0 spiro atoms. The largest absolute Gasteiger partial charge is 0.396 e. The molecule has 1 heterocycles. The molecular weight excluding hydrogens is 198 g/mol. The maximum absolute atomic E-state index is 11.5. The van der Waals surface area contributed by atoms with Crippen LogP contribution in [0.1, 0.15) is 23.3 Å². The Bertz CT molecular complexity index is 416. The molecule has 1 saturated carbocycles. The number of carbonyl (C=O) groups is 1. The van der Waals surface area contributed by atoms with Crippen molar-refractivity contribution in [2.75, 3.05) is 13.2 Å². The molecule has 0 atom stereocenters. The van der Waals surface area contributed by atoms with Gasteiger partial charge in [-0.25, -0.2) is 4.79 Å². The summed E-state index contributed by atoms with van der Waals surface area (Å²) in [6.07, 6.45) is 3.21. The lowest BCUT2D eigenvalue weighted by Gasteiger charge is -2.11. The van der Waals surface area contributed by atoms with Gasteiger partial charge in [-0.05, 0) is 12.8 Å². The second kappa shape index (κ2) is 3.54. The molecule has 0 bridgehead atoms. The van der Waals surface area contributed by atoms with Crippen molar-refractivity contribution in [1.29, 1.82) is 0 Å². The van der Waals surface area contributed by atoms with Gasteiger partial charge in [0.1, 0.15) is 5.69 Å². The Morgan fingerprint density at radius 2 is 2.33 bits per heavy atom. The highest BCUT2D eigenvalue weighted by Gasteiger charge is 2.42. The van der Waals surface area contributed by atoms with E-state index in [4.69, 9.17) is 5.11 Å². The first-order valence-electron chi connectivity index (χ1n) is 4.82. The van der Waals surface area contributed by atoms with E-state index in [2.05, 4.69) is 15.3 Å². The second-order valence-electron chi connectivity index (χ2n) is 4.00. The van der Waals surface area contributed by atoms with Crippen molar-refractivity contribution in [3.63, 3.8) is 0 Å². The van der Waals surface area contributed by atoms with Crippen molar-refractivity contribution in [1.82, 2.24) is 15.3 Å². The maximum Gasteiger partial charge on any atom is 0.323 e. The summed E-state index contributed by atoms with van der Waals surface area (Å²) in [5, 5.41) is 11.7. The van der Waals surface area contributed by atoms with Crippen LogP contribution in [0.3, 0.4) is 0 Å². The number of aromatic amines is 2. The molecule has 1 amide bonds. The molecule has 6 heteroatoms. The number of H-pyrrole nitrogens is 2. The number of aliphatic hydroxyl groups is 1. The van der Waals surface area contributed by atoms with Crippen molar-refractivity contribution >= 4 is 5.91 Å². The third-order valence-corrected chi connectivity index (χ3v) is 2.76. The van der Waals surface area contributed by atoms with E-state index < -0.39 is 5.69 Å². The van der Waals surface area contributed by atoms with Crippen LogP contribution in [-0.2, 0) is 0 Å². The summed E-state index contributed by atoms with van der Waals surface area (Å²) in [5.41, 5.74) is -0.302. The number of aromatic nitrogens is 2. The fourth-order valence-electron chi connectivity index (χ4n) is 1.39. The first kappa shape index (κ1) is 9.97. The zero-order valence-corrected chi connectivity index (χ0v) is 8.17. The van der Waals surface area contributed by atoms with Gasteiger partial charge in [-0.1, -0.05) is 0 Å². The summed E-state index contributed by atoms with van der Waals surface area (Å²) in [6, 6.07) is 0. The first-order chi connectivity index (χ1) is 7.15. The van der Waals surface area contributed by atoms with Crippen LogP contribution in [0.5, 0.6) is 0 Å². The fourth-order valence-corrected chi connectivity index (χ4v) is 1.39. The van der Waals surface area contributed by atoms with E-state index in [1.54, 1.807) is 0 Å². The molecule has 2 rings (SSSR count). The number of carbonyl (C=O) groups excluding carboxylic acids is 1. The van der Waals surface area contributed by atoms with Crippen LogP contribution in [0.4, 0.5) is 0 Å². The number of aliphatic hydroxyl groups excluding tert-OH is 1. The zero-order chi connectivity index (χ0) is 10.9. The van der Waals surface area contributed by atoms with Gasteiger partial charge in [-0.3, -0.25) is 4.79 Å². The van der Waals surface area contributed by atoms with E-state index in [9.17, 15) is 9.59 Å². The molecule has 0 radical (unpaired) electrons. The Hall–Kier alpha value is -1.56. The number of hydrogen-bond acceptors (Lipinski definition) is 3. The molecule has 0 aliphatic heterocycles. The summed E-state index contributed by atoms with van der Waals surface area (Å²) in [5.74, 6) is -0.326. The first-order valence-corrected chi connectivity index (χ1v) is 4.82. The molecule has 1 aromatic rings. The molecular formula is C9H13N3O3. The van der Waals surface area contributed by atoms with Gasteiger partial charge in [0.15, 0.2) is 0 Å². The molecule has 6 nitrogen and oxygen atoms in total. The predicted molar refractivity (Wildman–Crippen MR) is 52.5 cm³/mol. The molecule has 82 valence electrons. The minimum absolute atomic E-state index is 0.0942. The van der Waals surface area contributed by atoms with E-state index >= 15 is 0 Å². The lowest BCUT2D eigenvalue weighted by atomic mass is 10.1. The Labute approximate surface area is 85.7 Å². The van der Waals surface area contributed by atoms with Gasteiger partial charge in [0.05, 0.1) is 6.61 Å². The quantitative estimate of drug-likeness (QED) is 0.525. The van der Waals surface area contributed by atoms with Crippen LogP contribution < -0.4 is 11.0 Å². The molecule has 0 saturated heterocycles. The van der Waals surface area contributed by atoms with Crippen LogP contribution in [0.2, 0.25) is 0 Å². The van der Waals surface area contributed by atoms with Crippen LogP contribution in [0, 0.1) is 5.41 Å². The summed E-state index contributed by atoms with van der Waals surface area (Å²) >= 11 is 0. The van der Waals surface area contributed by atoms with Gasteiger partial charge >= 0.3 is 5.69 Å². The van der Waals surface area contributed by atoms with Crippen LogP contribution in [0.25, 0.3) is 0 Å². The average molecular weight is 211 g/mol. The minimum atomic E-state index is -0.400. The molecule has 1 aromatic heterocycles. The lowest BCUT2D eigenvalue weighted by Crippen LogP contribution is -2.32. The summed E-state index contributed by atoms with van der Waals surface area (Å²) in [7, 11) is 0. The van der Waals surface area contributed by atoms with Gasteiger partial charge in [0.2, 0.25) is 0 Å². The van der Waals surface area contributed by atoms with Gasteiger partial charge in [-0.2, -0.15) is 0 Å². The summed E-state index contributed by atoms with van der Waals surface area (Å²) in [6.45, 7) is 0.548. The molecule has 1 aliphatic rings. The van der Waals surface area contributed by atoms with E-state index in [0.29, 0.717) is 6.54 Å². The van der Waals surface area contributed by atoms with Crippen LogP contribution in [-0.4, -0.2) is 34.1 Å². The lowest BCUT2D eigenvalue weighted by molar-refractivity contribution is 0.0930. The number of nitrogens with one attached hydrogen (secondary N) is 3. The topological polar surface area (TPSA) is 98.0 Å². The van der Waals surface area contributed by atoms with Crippen molar-refractivity contribution in [3.05, 3.63) is 22.4 Å². The van der Waals surface area contributed by atoms with Gasteiger partial charge in [0.25, 0.3) is 5.91 Å². The Balaban J connectivity index is 1.90. The molecule has 1 fully saturated rings. The highest BCUT2D eigenvalue weighted by atomic mass is 16.3. The maximum atomic E-state index is 11.5. The molecule has 1 aliphatic carbocycles. The average Bonchev–Trinajstić information content (AvgIpc) is 2.90. The predicted octanol–water partition coefficient (Wildman–Crippen LogP) is -0.795. The minimum Gasteiger partial charge on any atom is -0.396 e. The van der Waals surface area contributed by atoms with E-state index in [-0.39, 0.29) is 23.6 Å². The Kier molecular flexibility index (Phi) is 2.36. The second-order valence-corrected chi connectivity index (χ2v) is 4.00. The van der Waals surface area contributed by atoms with Gasteiger partial charge in [-0.15, -0.1) is 0 Å². The van der Waals surface area contributed by atoms with E-state index in [0.717, 1.165) is 12.8 Å². The van der Waals surface area contributed by atoms with Gasteiger partial charge < -0.3 is 20.4 Å². The number of rotatable bonds is 4. The fraction of sp³-hybridized carbons (Fsp3) is 0.556. The van der Waals surface area contributed by atoms with E-state index in [1.807, 2.05) is 0 Å². The zero-order valence-electron chi connectivity index (χ0n) is 8.17. The smallest absolute Gasteiger partial charge is 0.323 e. The molecule has 15 heavy (non-hydrogen) atoms. The van der Waals surface area contributed by atoms with E-state index in [1.165, 1.54) is 6.20 Å². The number of amides is 1. The van der Waals surface area contributed by atoms with Crippen LogP contribution in [0.15, 0.2) is 11.0 Å². The highest BCUT2D eigenvalue weighted by Crippen LogP contribution is 2.44.